The lowest BCUT2D eigenvalue weighted by Crippen LogP contribution is -2.20. The van der Waals surface area contributed by atoms with Crippen molar-refractivity contribution in [2.75, 3.05) is 6.61 Å². The minimum atomic E-state index is -0.298. The van der Waals surface area contributed by atoms with Crippen molar-refractivity contribution < 1.29 is 9.78 Å². The maximum Gasteiger partial charge on any atom is 0.107 e. The van der Waals surface area contributed by atoms with Crippen LogP contribution in [0.15, 0.2) is 30.8 Å². The van der Waals surface area contributed by atoms with E-state index in [9.17, 15) is 0 Å². The molecule has 0 saturated heterocycles. The summed E-state index contributed by atoms with van der Waals surface area (Å²) in [5.74, 6) is 0. The molecule has 0 bridgehead atoms. The molecule has 0 fully saturated rings. The quantitative estimate of drug-likeness (QED) is 0.451. The largest absolute Gasteiger partial charge is 0.231 e. The number of benzene rings is 1. The molecule has 0 aliphatic heterocycles. The van der Waals surface area contributed by atoms with E-state index in [-0.39, 0.29) is 5.60 Å². The van der Waals surface area contributed by atoms with E-state index in [2.05, 4.69) is 16.8 Å². The van der Waals surface area contributed by atoms with Crippen molar-refractivity contribution in [3.63, 3.8) is 0 Å². The summed E-state index contributed by atoms with van der Waals surface area (Å²) in [6.07, 6.45) is 0. The minimum absolute atomic E-state index is 0.298. The van der Waals surface area contributed by atoms with Crippen molar-refractivity contribution in [2.24, 2.45) is 0 Å². The molecule has 0 spiro atoms. The van der Waals surface area contributed by atoms with Gasteiger partial charge >= 0.3 is 0 Å². The Balaban J connectivity index is 2.51. The molecule has 0 heterocycles. The van der Waals surface area contributed by atoms with Gasteiger partial charge in [-0.15, -0.1) is 0 Å². The summed E-state index contributed by atoms with van der Waals surface area (Å²) in [6, 6.07) is 7.90. The van der Waals surface area contributed by atoms with Gasteiger partial charge in [-0.3, -0.25) is 0 Å². The van der Waals surface area contributed by atoms with Crippen LogP contribution < -0.4 is 5.19 Å². The van der Waals surface area contributed by atoms with Gasteiger partial charge in [0.1, 0.15) is 6.61 Å². The van der Waals surface area contributed by atoms with Gasteiger partial charge in [0.25, 0.3) is 0 Å². The first-order valence-corrected chi connectivity index (χ1v) is 5.69. The summed E-state index contributed by atoms with van der Waals surface area (Å²) in [5.41, 5.74) is 1.62. The fourth-order valence-electron chi connectivity index (χ4n) is 1.15. The van der Waals surface area contributed by atoms with Crippen LogP contribution in [0.5, 0.6) is 0 Å². The molecule has 3 radical (unpaired) electrons. The third-order valence-corrected chi connectivity index (χ3v) is 2.29. The molecule has 1 aromatic carbocycles. The average molecular weight is 233 g/mol. The van der Waals surface area contributed by atoms with Gasteiger partial charge in [-0.1, -0.05) is 36.0 Å². The average Bonchev–Trinajstić information content (AvgIpc) is 2.16. The normalized spacial score (nSPS) is 11.5. The lowest BCUT2D eigenvalue weighted by Gasteiger charge is -2.18. The maximum absolute atomic E-state index is 5.18. The number of rotatable bonds is 4. The zero-order valence-corrected chi connectivity index (χ0v) is 11.0. The van der Waals surface area contributed by atoms with Gasteiger partial charge in [-0.2, -0.15) is 0 Å². The molecule has 1 aromatic rings. The fraction of sp³-hybridized carbons (Fsp3) is 0.385. The Hall–Kier alpha value is -0.903. The van der Waals surface area contributed by atoms with E-state index in [1.807, 2.05) is 45.0 Å². The van der Waals surface area contributed by atoms with E-state index in [0.29, 0.717) is 6.61 Å². The Morgan fingerprint density at radius 1 is 1.31 bits per heavy atom. The number of hydrogen-bond donors (Lipinski definition) is 0. The van der Waals surface area contributed by atoms with Crippen molar-refractivity contribution in [1.82, 2.24) is 0 Å². The molecule has 0 atom stereocenters. The lowest BCUT2D eigenvalue weighted by atomic mass is 10.1. The Bertz CT molecular complexity index is 366. The van der Waals surface area contributed by atoms with Crippen LogP contribution in [-0.4, -0.2) is 22.5 Å². The molecule has 0 saturated carbocycles. The first-order valence-electron chi connectivity index (χ1n) is 5.19. The van der Waals surface area contributed by atoms with Crippen molar-refractivity contribution >= 4 is 21.0 Å². The lowest BCUT2D eigenvalue weighted by molar-refractivity contribution is -0.340. The molecule has 3 heteroatoms. The van der Waals surface area contributed by atoms with Crippen LogP contribution in [-0.2, 0) is 9.78 Å². The van der Waals surface area contributed by atoms with Crippen LogP contribution >= 0.6 is 0 Å². The Labute approximate surface area is 101 Å². The molecule has 0 amide bonds. The Kier molecular flexibility index (Phi) is 4.47. The second-order valence-electron chi connectivity index (χ2n) is 4.61. The van der Waals surface area contributed by atoms with E-state index < -0.39 is 0 Å². The molecule has 1 rings (SSSR count). The topological polar surface area (TPSA) is 18.5 Å². The smallest absolute Gasteiger partial charge is 0.107 e. The van der Waals surface area contributed by atoms with Gasteiger partial charge in [-0.05, 0) is 31.9 Å². The molecule has 16 heavy (non-hydrogen) atoms. The zero-order chi connectivity index (χ0) is 12.2. The number of hydrogen-bond acceptors (Lipinski definition) is 2. The van der Waals surface area contributed by atoms with Gasteiger partial charge in [0, 0.05) is 0 Å². The molecule has 2 nitrogen and oxygen atoms in total. The van der Waals surface area contributed by atoms with Gasteiger partial charge in [-0.25, -0.2) is 9.78 Å². The molecular weight excluding hydrogens is 216 g/mol. The van der Waals surface area contributed by atoms with Crippen molar-refractivity contribution in [3.8, 4) is 0 Å². The third kappa shape index (κ3) is 4.31. The fourth-order valence-corrected chi connectivity index (χ4v) is 1.50. The molecule has 0 aliphatic carbocycles. The van der Waals surface area contributed by atoms with Crippen molar-refractivity contribution in [1.29, 1.82) is 0 Å². The molecule has 0 aromatic heterocycles. The highest BCUT2D eigenvalue weighted by molar-refractivity contribution is 6.34. The van der Waals surface area contributed by atoms with Gasteiger partial charge in [0.15, 0.2) is 0 Å². The second-order valence-corrected chi connectivity index (χ2v) is 5.15. The predicted octanol–water partition coefficient (Wildman–Crippen LogP) is 2.24. The SMILES string of the molecule is C=C(COOC(C)(C)C)c1ccccc1[Si]. The standard InChI is InChI=1S/C13H17O2Si/c1-10(9-14-15-13(2,3)4)11-7-5-6-8-12(11)16/h5-8H,1,9H2,2-4H3. The van der Waals surface area contributed by atoms with Gasteiger partial charge in [0.2, 0.25) is 0 Å². The zero-order valence-electron chi connectivity index (χ0n) is 10.0. The summed E-state index contributed by atoms with van der Waals surface area (Å²) in [4.78, 5) is 10.3. The minimum Gasteiger partial charge on any atom is -0.231 e. The van der Waals surface area contributed by atoms with Crippen LogP contribution in [0.1, 0.15) is 26.3 Å². The van der Waals surface area contributed by atoms with Crippen LogP contribution in [0, 0.1) is 0 Å². The molecular formula is C13H17O2Si. The van der Waals surface area contributed by atoms with Crippen LogP contribution in [0.3, 0.4) is 0 Å². The van der Waals surface area contributed by atoms with E-state index >= 15 is 0 Å². The predicted molar refractivity (Wildman–Crippen MR) is 67.7 cm³/mol. The molecule has 0 aliphatic rings. The molecule has 0 unspecified atom stereocenters. The second kappa shape index (κ2) is 5.43. The monoisotopic (exact) mass is 233 g/mol. The highest BCUT2D eigenvalue weighted by Gasteiger charge is 2.12. The Morgan fingerprint density at radius 2 is 1.94 bits per heavy atom. The summed E-state index contributed by atoms with van der Waals surface area (Å²) in [5, 5.41) is 1.01. The Morgan fingerprint density at radius 3 is 2.50 bits per heavy atom. The first-order chi connectivity index (χ1) is 7.40. The summed E-state index contributed by atoms with van der Waals surface area (Å²) < 4.78 is 0. The van der Waals surface area contributed by atoms with E-state index in [1.54, 1.807) is 0 Å². The third-order valence-electron chi connectivity index (χ3n) is 1.85. The highest BCUT2D eigenvalue weighted by atomic mass is 28.1. The van der Waals surface area contributed by atoms with Crippen LogP contribution in [0.4, 0.5) is 0 Å². The maximum atomic E-state index is 5.18. The molecule has 0 N–H and O–H groups in total. The summed E-state index contributed by atoms with van der Waals surface area (Å²) in [7, 11) is 3.52. The van der Waals surface area contributed by atoms with E-state index in [4.69, 9.17) is 9.78 Å². The van der Waals surface area contributed by atoms with Gasteiger partial charge in [0.05, 0.1) is 15.8 Å². The van der Waals surface area contributed by atoms with Crippen LogP contribution in [0.25, 0.3) is 5.57 Å². The summed E-state index contributed by atoms with van der Waals surface area (Å²) >= 11 is 0. The summed E-state index contributed by atoms with van der Waals surface area (Å²) in [6.45, 7) is 10.1. The van der Waals surface area contributed by atoms with Crippen LogP contribution in [0.2, 0.25) is 0 Å². The van der Waals surface area contributed by atoms with Crippen molar-refractivity contribution in [2.45, 2.75) is 26.4 Å². The van der Waals surface area contributed by atoms with Gasteiger partial charge < -0.3 is 0 Å². The van der Waals surface area contributed by atoms with Crippen molar-refractivity contribution in [3.05, 3.63) is 36.4 Å². The molecule has 85 valence electrons. The first kappa shape index (κ1) is 13.2. The van der Waals surface area contributed by atoms with E-state index in [0.717, 1.165) is 16.3 Å². The van der Waals surface area contributed by atoms with E-state index in [1.165, 1.54) is 0 Å². The highest BCUT2D eigenvalue weighted by Crippen LogP contribution is 2.12.